The van der Waals surface area contributed by atoms with Crippen molar-refractivity contribution in [3.63, 3.8) is 0 Å². The van der Waals surface area contributed by atoms with Crippen LogP contribution in [-0.2, 0) is 0 Å². The third-order valence-corrected chi connectivity index (χ3v) is 3.97. The van der Waals surface area contributed by atoms with Crippen LogP contribution in [0.25, 0.3) is 5.65 Å². The lowest BCUT2D eigenvalue weighted by atomic mass is 10.1. The molecule has 0 radical (unpaired) electrons. The zero-order valence-electron chi connectivity index (χ0n) is 12.0. The van der Waals surface area contributed by atoms with Crippen LogP contribution in [0.15, 0.2) is 12.3 Å². The van der Waals surface area contributed by atoms with Crippen LogP contribution in [0.2, 0.25) is 0 Å². The smallest absolute Gasteiger partial charge is 0.259 e. The minimum absolute atomic E-state index is 0.0303. The number of hydrogen-bond acceptors (Lipinski definition) is 4. The van der Waals surface area contributed by atoms with Gasteiger partial charge >= 0.3 is 0 Å². The van der Waals surface area contributed by atoms with E-state index in [9.17, 15) is 4.79 Å². The van der Waals surface area contributed by atoms with Crippen LogP contribution in [0.1, 0.15) is 28.7 Å². The number of fused-ring (bicyclic) bond motifs is 1. The Hall–Kier alpha value is -1.95. The molecule has 6 heteroatoms. The zero-order valence-corrected chi connectivity index (χ0v) is 12.0. The molecule has 1 aliphatic heterocycles. The third kappa shape index (κ3) is 1.96. The molecule has 3 heterocycles. The van der Waals surface area contributed by atoms with Gasteiger partial charge < -0.3 is 10.6 Å². The van der Waals surface area contributed by atoms with Gasteiger partial charge in [-0.1, -0.05) is 6.92 Å². The van der Waals surface area contributed by atoms with Gasteiger partial charge in [-0.05, 0) is 25.8 Å². The molecule has 20 heavy (non-hydrogen) atoms. The summed E-state index contributed by atoms with van der Waals surface area (Å²) < 4.78 is 1.71. The molecule has 2 unspecified atom stereocenters. The predicted molar refractivity (Wildman–Crippen MR) is 75.5 cm³/mol. The summed E-state index contributed by atoms with van der Waals surface area (Å²) in [5.74, 6) is 0.300. The van der Waals surface area contributed by atoms with Crippen molar-refractivity contribution in [1.29, 1.82) is 0 Å². The molecule has 2 atom stereocenters. The summed E-state index contributed by atoms with van der Waals surface area (Å²) in [5.41, 5.74) is 9.03. The van der Waals surface area contributed by atoms with Gasteiger partial charge in [-0.2, -0.15) is 5.10 Å². The third-order valence-electron chi connectivity index (χ3n) is 3.97. The van der Waals surface area contributed by atoms with Crippen molar-refractivity contribution in [2.24, 2.45) is 11.7 Å². The highest BCUT2D eigenvalue weighted by Crippen LogP contribution is 2.20. The number of aryl methyl sites for hydroxylation is 2. The lowest BCUT2D eigenvalue weighted by Crippen LogP contribution is -2.32. The molecule has 0 bridgehead atoms. The number of hydrogen-bond donors (Lipinski definition) is 1. The van der Waals surface area contributed by atoms with E-state index in [1.54, 1.807) is 15.6 Å². The summed E-state index contributed by atoms with van der Waals surface area (Å²) in [4.78, 5) is 18.9. The second-order valence-electron chi connectivity index (χ2n) is 5.68. The van der Waals surface area contributed by atoms with Crippen molar-refractivity contribution in [1.82, 2.24) is 19.5 Å². The van der Waals surface area contributed by atoms with E-state index >= 15 is 0 Å². The fourth-order valence-corrected chi connectivity index (χ4v) is 2.75. The number of rotatable bonds is 1. The van der Waals surface area contributed by atoms with Crippen molar-refractivity contribution < 1.29 is 4.79 Å². The fraction of sp³-hybridized carbons (Fsp3) is 0.500. The SMILES string of the molecule is Cc1cc(C)n2ncc(C(=O)N3CC(C)C(N)C3)c2n1. The largest absolute Gasteiger partial charge is 0.337 e. The summed E-state index contributed by atoms with van der Waals surface area (Å²) in [7, 11) is 0. The number of amides is 1. The van der Waals surface area contributed by atoms with Gasteiger partial charge in [0.25, 0.3) is 5.91 Å². The maximum absolute atomic E-state index is 12.6. The Kier molecular flexibility index (Phi) is 2.97. The molecule has 2 aromatic heterocycles. The standard InChI is InChI=1S/C14H19N5O/c1-8-6-18(7-12(8)15)14(20)11-5-16-19-10(3)4-9(2)17-13(11)19/h4-5,8,12H,6-7,15H2,1-3H3. The molecule has 6 nitrogen and oxygen atoms in total. The van der Waals surface area contributed by atoms with Crippen LogP contribution in [0.4, 0.5) is 0 Å². The van der Waals surface area contributed by atoms with Gasteiger partial charge in [0.15, 0.2) is 5.65 Å². The van der Waals surface area contributed by atoms with Gasteiger partial charge in [0.2, 0.25) is 0 Å². The van der Waals surface area contributed by atoms with Gasteiger partial charge in [0, 0.05) is 30.5 Å². The molecular formula is C14H19N5O. The normalized spacial score (nSPS) is 22.7. The van der Waals surface area contributed by atoms with Crippen molar-refractivity contribution >= 4 is 11.6 Å². The highest BCUT2D eigenvalue weighted by atomic mass is 16.2. The monoisotopic (exact) mass is 273 g/mol. The van der Waals surface area contributed by atoms with Gasteiger partial charge in [-0.25, -0.2) is 9.50 Å². The zero-order chi connectivity index (χ0) is 14.4. The maximum Gasteiger partial charge on any atom is 0.259 e. The van der Waals surface area contributed by atoms with Crippen LogP contribution in [0.5, 0.6) is 0 Å². The fourth-order valence-electron chi connectivity index (χ4n) is 2.75. The molecule has 2 aromatic rings. The lowest BCUT2D eigenvalue weighted by Gasteiger charge is -2.14. The van der Waals surface area contributed by atoms with Gasteiger partial charge in [-0.3, -0.25) is 4.79 Å². The Balaban J connectivity index is 2.00. The van der Waals surface area contributed by atoms with Crippen LogP contribution < -0.4 is 5.73 Å². The highest BCUT2D eigenvalue weighted by molar-refractivity contribution is 5.99. The van der Waals surface area contributed by atoms with E-state index in [-0.39, 0.29) is 11.9 Å². The summed E-state index contributed by atoms with van der Waals surface area (Å²) in [6.07, 6.45) is 1.60. The molecule has 0 aliphatic carbocycles. The first-order chi connectivity index (χ1) is 9.47. The first-order valence-electron chi connectivity index (χ1n) is 6.84. The van der Waals surface area contributed by atoms with Crippen LogP contribution in [0, 0.1) is 19.8 Å². The van der Waals surface area contributed by atoms with Crippen molar-refractivity contribution in [2.45, 2.75) is 26.8 Å². The van der Waals surface area contributed by atoms with E-state index in [2.05, 4.69) is 17.0 Å². The molecule has 1 amide bonds. The molecule has 2 N–H and O–H groups in total. The molecule has 106 valence electrons. The molecule has 1 aliphatic rings. The summed E-state index contributed by atoms with van der Waals surface area (Å²) in [6, 6.07) is 2.00. The number of nitrogens with two attached hydrogens (primary N) is 1. The van der Waals surface area contributed by atoms with Crippen molar-refractivity contribution in [2.75, 3.05) is 13.1 Å². The number of likely N-dealkylation sites (tertiary alicyclic amines) is 1. The molecule has 0 saturated carbocycles. The Bertz CT molecular complexity index is 667. The van der Waals surface area contributed by atoms with Crippen LogP contribution in [0.3, 0.4) is 0 Å². The minimum Gasteiger partial charge on any atom is -0.337 e. The number of carbonyl (C=O) groups excluding carboxylic acids is 1. The number of aromatic nitrogens is 3. The minimum atomic E-state index is -0.0303. The Morgan fingerprint density at radius 3 is 2.80 bits per heavy atom. The Morgan fingerprint density at radius 2 is 2.15 bits per heavy atom. The topological polar surface area (TPSA) is 76.5 Å². The number of nitrogens with zero attached hydrogens (tertiary/aromatic N) is 4. The van der Waals surface area contributed by atoms with E-state index < -0.39 is 0 Å². The van der Waals surface area contributed by atoms with E-state index in [1.165, 1.54) is 0 Å². The van der Waals surface area contributed by atoms with E-state index in [4.69, 9.17) is 5.73 Å². The average molecular weight is 273 g/mol. The second-order valence-corrected chi connectivity index (χ2v) is 5.68. The first-order valence-corrected chi connectivity index (χ1v) is 6.84. The molecule has 0 spiro atoms. The van der Waals surface area contributed by atoms with Crippen molar-refractivity contribution in [3.05, 3.63) is 29.2 Å². The molecule has 3 rings (SSSR count). The first kappa shape index (κ1) is 13.1. The molecule has 1 fully saturated rings. The molecule has 0 aromatic carbocycles. The van der Waals surface area contributed by atoms with Crippen LogP contribution >= 0.6 is 0 Å². The Labute approximate surface area is 117 Å². The maximum atomic E-state index is 12.6. The Morgan fingerprint density at radius 1 is 1.40 bits per heavy atom. The molecule has 1 saturated heterocycles. The predicted octanol–water partition coefficient (Wildman–Crippen LogP) is 0.765. The van der Waals surface area contributed by atoms with E-state index in [0.29, 0.717) is 30.2 Å². The quantitative estimate of drug-likeness (QED) is 0.832. The van der Waals surface area contributed by atoms with Gasteiger partial charge in [0.1, 0.15) is 5.56 Å². The second kappa shape index (κ2) is 4.56. The summed E-state index contributed by atoms with van der Waals surface area (Å²) in [6.45, 7) is 7.24. The van der Waals surface area contributed by atoms with Gasteiger partial charge in [-0.15, -0.1) is 0 Å². The van der Waals surface area contributed by atoms with E-state index in [1.807, 2.05) is 19.9 Å². The average Bonchev–Trinajstić information content (AvgIpc) is 2.93. The highest BCUT2D eigenvalue weighted by Gasteiger charge is 2.31. The van der Waals surface area contributed by atoms with Crippen molar-refractivity contribution in [3.8, 4) is 0 Å². The summed E-state index contributed by atoms with van der Waals surface area (Å²) in [5, 5.41) is 4.27. The molecular weight excluding hydrogens is 254 g/mol. The lowest BCUT2D eigenvalue weighted by molar-refractivity contribution is 0.0788. The number of carbonyl (C=O) groups is 1. The van der Waals surface area contributed by atoms with Crippen LogP contribution in [-0.4, -0.2) is 44.5 Å². The van der Waals surface area contributed by atoms with E-state index in [0.717, 1.165) is 11.4 Å². The summed E-state index contributed by atoms with van der Waals surface area (Å²) >= 11 is 0. The van der Waals surface area contributed by atoms with Gasteiger partial charge in [0.05, 0.1) is 6.20 Å².